The number of rotatable bonds is 4. The highest BCUT2D eigenvalue weighted by molar-refractivity contribution is 5.43. The fraction of sp³-hybridized carbons (Fsp3) is 0.571. The number of ether oxygens (including phenoxy) is 2. The van der Waals surface area contributed by atoms with Gasteiger partial charge in [-0.2, -0.15) is 0 Å². The van der Waals surface area contributed by atoms with Crippen molar-refractivity contribution in [2.24, 2.45) is 5.73 Å². The first kappa shape index (κ1) is 12.4. The van der Waals surface area contributed by atoms with E-state index in [4.69, 9.17) is 15.2 Å². The minimum Gasteiger partial charge on any atom is -0.491 e. The van der Waals surface area contributed by atoms with Gasteiger partial charge in [-0.3, -0.25) is 0 Å². The first-order valence-corrected chi connectivity index (χ1v) is 6.25. The van der Waals surface area contributed by atoms with Crippen LogP contribution in [0.4, 0.5) is 0 Å². The van der Waals surface area contributed by atoms with Crippen LogP contribution in [0.1, 0.15) is 36.9 Å². The van der Waals surface area contributed by atoms with Gasteiger partial charge < -0.3 is 15.2 Å². The van der Waals surface area contributed by atoms with Crippen LogP contribution in [0, 0.1) is 0 Å². The van der Waals surface area contributed by atoms with E-state index in [1.165, 1.54) is 11.1 Å². The molecule has 0 saturated heterocycles. The van der Waals surface area contributed by atoms with Crippen LogP contribution in [0.3, 0.4) is 0 Å². The van der Waals surface area contributed by atoms with Crippen molar-refractivity contribution in [2.75, 3.05) is 13.7 Å². The molecule has 0 fully saturated rings. The van der Waals surface area contributed by atoms with Crippen LogP contribution in [0.2, 0.25) is 0 Å². The quantitative estimate of drug-likeness (QED) is 0.871. The minimum absolute atomic E-state index is 0.114. The Balaban J connectivity index is 2.15. The largest absolute Gasteiger partial charge is 0.491 e. The zero-order chi connectivity index (χ0) is 12.3. The van der Waals surface area contributed by atoms with Gasteiger partial charge in [0.2, 0.25) is 0 Å². The van der Waals surface area contributed by atoms with Crippen molar-refractivity contribution in [2.45, 2.75) is 38.3 Å². The molecule has 3 heteroatoms. The molecule has 0 heterocycles. The third-order valence-corrected chi connectivity index (χ3v) is 3.39. The van der Waals surface area contributed by atoms with Gasteiger partial charge in [0.25, 0.3) is 0 Å². The lowest BCUT2D eigenvalue weighted by atomic mass is 9.87. The number of benzene rings is 1. The molecule has 0 aromatic heterocycles. The number of methoxy groups -OCH3 is 1. The lowest BCUT2D eigenvalue weighted by Crippen LogP contribution is -2.20. The summed E-state index contributed by atoms with van der Waals surface area (Å²) in [6.45, 7) is 2.59. The first-order valence-electron chi connectivity index (χ1n) is 6.25. The summed E-state index contributed by atoms with van der Waals surface area (Å²) in [6.07, 6.45) is 3.41. The highest BCUT2D eigenvalue weighted by atomic mass is 16.5. The second-order valence-electron chi connectivity index (χ2n) is 4.68. The molecule has 0 amide bonds. The molecule has 3 nitrogen and oxygen atoms in total. The fourth-order valence-electron chi connectivity index (χ4n) is 2.26. The van der Waals surface area contributed by atoms with Gasteiger partial charge >= 0.3 is 0 Å². The molecule has 94 valence electrons. The molecule has 2 rings (SSSR count). The molecule has 1 aliphatic carbocycles. The maximum absolute atomic E-state index is 6.12. The predicted octanol–water partition coefficient (Wildman–Crippen LogP) is 2.44. The van der Waals surface area contributed by atoms with E-state index in [1.54, 1.807) is 7.11 Å². The summed E-state index contributed by atoms with van der Waals surface area (Å²) in [5, 5.41) is 0. The fourth-order valence-corrected chi connectivity index (χ4v) is 2.26. The topological polar surface area (TPSA) is 44.5 Å². The smallest absolute Gasteiger partial charge is 0.122 e. The minimum atomic E-state index is 0.114. The SMILES string of the molecule is COC(C)COc1cccc2c1CCCC2N. The Labute approximate surface area is 103 Å². The maximum Gasteiger partial charge on any atom is 0.122 e. The van der Waals surface area contributed by atoms with Crippen molar-refractivity contribution >= 4 is 0 Å². The molecule has 17 heavy (non-hydrogen) atoms. The average Bonchev–Trinajstić information content (AvgIpc) is 2.36. The molecule has 0 radical (unpaired) electrons. The highest BCUT2D eigenvalue weighted by Gasteiger charge is 2.19. The summed E-state index contributed by atoms with van der Waals surface area (Å²) < 4.78 is 11.0. The van der Waals surface area contributed by atoms with E-state index in [0.29, 0.717) is 6.61 Å². The number of hydrogen-bond acceptors (Lipinski definition) is 3. The van der Waals surface area contributed by atoms with Crippen molar-refractivity contribution in [3.05, 3.63) is 29.3 Å². The Bertz CT molecular complexity index is 378. The van der Waals surface area contributed by atoms with Gasteiger partial charge in [-0.05, 0) is 43.4 Å². The maximum atomic E-state index is 6.12. The summed E-state index contributed by atoms with van der Waals surface area (Å²) in [5.41, 5.74) is 8.65. The van der Waals surface area contributed by atoms with Gasteiger partial charge in [0, 0.05) is 13.2 Å². The summed E-state index contributed by atoms with van der Waals surface area (Å²) >= 11 is 0. The second-order valence-corrected chi connectivity index (χ2v) is 4.68. The highest BCUT2D eigenvalue weighted by Crippen LogP contribution is 2.34. The molecule has 2 N–H and O–H groups in total. The first-order chi connectivity index (χ1) is 8.22. The van der Waals surface area contributed by atoms with Crippen LogP contribution in [0.15, 0.2) is 18.2 Å². The van der Waals surface area contributed by atoms with E-state index < -0.39 is 0 Å². The van der Waals surface area contributed by atoms with E-state index in [-0.39, 0.29) is 12.1 Å². The Morgan fingerprint density at radius 1 is 1.47 bits per heavy atom. The van der Waals surface area contributed by atoms with Crippen LogP contribution in [0.5, 0.6) is 5.75 Å². The van der Waals surface area contributed by atoms with Crippen molar-refractivity contribution < 1.29 is 9.47 Å². The second kappa shape index (κ2) is 5.52. The van der Waals surface area contributed by atoms with E-state index >= 15 is 0 Å². The Kier molecular flexibility index (Phi) is 4.02. The van der Waals surface area contributed by atoms with Gasteiger partial charge in [0.15, 0.2) is 0 Å². The molecule has 0 aliphatic heterocycles. The summed E-state index contributed by atoms with van der Waals surface area (Å²) in [4.78, 5) is 0. The van der Waals surface area contributed by atoms with Crippen molar-refractivity contribution in [3.8, 4) is 5.75 Å². The zero-order valence-corrected chi connectivity index (χ0v) is 10.6. The molecule has 0 bridgehead atoms. The van der Waals surface area contributed by atoms with Crippen LogP contribution in [0.25, 0.3) is 0 Å². The normalized spacial score (nSPS) is 20.8. The van der Waals surface area contributed by atoms with Crippen molar-refractivity contribution in [1.82, 2.24) is 0 Å². The van der Waals surface area contributed by atoms with Crippen LogP contribution in [-0.2, 0) is 11.2 Å². The van der Waals surface area contributed by atoms with Gasteiger partial charge in [-0.1, -0.05) is 12.1 Å². The number of fused-ring (bicyclic) bond motifs is 1. The lowest BCUT2D eigenvalue weighted by Gasteiger charge is -2.24. The third kappa shape index (κ3) is 2.79. The number of nitrogens with two attached hydrogens (primary N) is 1. The zero-order valence-electron chi connectivity index (χ0n) is 10.6. The van der Waals surface area contributed by atoms with E-state index in [1.807, 2.05) is 19.1 Å². The van der Waals surface area contributed by atoms with E-state index in [2.05, 4.69) is 6.07 Å². The van der Waals surface area contributed by atoms with Gasteiger partial charge in [-0.25, -0.2) is 0 Å². The Hall–Kier alpha value is -1.06. The molecular weight excluding hydrogens is 214 g/mol. The molecule has 1 aliphatic rings. The van der Waals surface area contributed by atoms with Crippen LogP contribution >= 0.6 is 0 Å². The molecule has 2 atom stereocenters. The third-order valence-electron chi connectivity index (χ3n) is 3.39. The summed E-state index contributed by atoms with van der Waals surface area (Å²) in [6, 6.07) is 6.34. The van der Waals surface area contributed by atoms with Crippen molar-refractivity contribution in [1.29, 1.82) is 0 Å². The molecule has 0 saturated carbocycles. The molecule has 1 aromatic carbocycles. The molecule has 0 spiro atoms. The molecule has 2 unspecified atom stereocenters. The van der Waals surface area contributed by atoms with Crippen molar-refractivity contribution in [3.63, 3.8) is 0 Å². The summed E-state index contributed by atoms with van der Waals surface area (Å²) in [5.74, 6) is 0.974. The standard InChI is InChI=1S/C14H21NO2/c1-10(16-2)9-17-14-8-4-5-11-12(14)6-3-7-13(11)15/h4-5,8,10,13H,3,6-7,9,15H2,1-2H3. The van der Waals surface area contributed by atoms with Gasteiger partial charge in [0.05, 0.1) is 6.10 Å². The lowest BCUT2D eigenvalue weighted by molar-refractivity contribution is 0.0712. The molecule has 1 aromatic rings. The number of hydrogen-bond donors (Lipinski definition) is 1. The molecular formula is C14H21NO2. The van der Waals surface area contributed by atoms with Gasteiger partial charge in [-0.15, -0.1) is 0 Å². The Morgan fingerprint density at radius 2 is 2.29 bits per heavy atom. The van der Waals surface area contributed by atoms with Gasteiger partial charge in [0.1, 0.15) is 12.4 Å². The average molecular weight is 235 g/mol. The Morgan fingerprint density at radius 3 is 3.06 bits per heavy atom. The van der Waals surface area contributed by atoms with Crippen LogP contribution in [-0.4, -0.2) is 19.8 Å². The van der Waals surface area contributed by atoms with Crippen LogP contribution < -0.4 is 10.5 Å². The monoisotopic (exact) mass is 235 g/mol. The summed E-state index contributed by atoms with van der Waals surface area (Å²) in [7, 11) is 1.70. The van der Waals surface area contributed by atoms with E-state index in [0.717, 1.165) is 25.0 Å². The van der Waals surface area contributed by atoms with E-state index in [9.17, 15) is 0 Å². The predicted molar refractivity (Wildman–Crippen MR) is 68.3 cm³/mol.